The highest BCUT2D eigenvalue weighted by Crippen LogP contribution is 2.39. The smallest absolute Gasteiger partial charge is 0.269 e. The van der Waals surface area contributed by atoms with E-state index in [-0.39, 0.29) is 24.8 Å². The van der Waals surface area contributed by atoms with Crippen LogP contribution in [0, 0.1) is 10.1 Å². The first kappa shape index (κ1) is 26.4. The molecule has 1 amide bonds. The number of nitrogens with zero attached hydrogens (tertiary/aromatic N) is 2. The lowest BCUT2D eigenvalue weighted by atomic mass is 9.92. The topological polar surface area (TPSA) is 100 Å². The molecular formula is C26H24Cl2N2O7. The van der Waals surface area contributed by atoms with Crippen molar-refractivity contribution in [2.75, 3.05) is 34.0 Å². The van der Waals surface area contributed by atoms with E-state index in [0.29, 0.717) is 46.0 Å². The van der Waals surface area contributed by atoms with Crippen LogP contribution in [0.1, 0.15) is 17.2 Å². The number of hydrogen-bond donors (Lipinski definition) is 0. The molecule has 0 N–H and O–H groups in total. The van der Waals surface area contributed by atoms with Gasteiger partial charge in [-0.3, -0.25) is 14.9 Å². The first-order chi connectivity index (χ1) is 17.8. The molecule has 0 fully saturated rings. The maximum atomic E-state index is 13.3. The van der Waals surface area contributed by atoms with Gasteiger partial charge in [0.1, 0.15) is 18.1 Å². The van der Waals surface area contributed by atoms with Crippen molar-refractivity contribution in [3.63, 3.8) is 0 Å². The van der Waals surface area contributed by atoms with Crippen molar-refractivity contribution in [3.8, 4) is 23.0 Å². The van der Waals surface area contributed by atoms with E-state index in [0.717, 1.165) is 11.1 Å². The molecule has 1 atom stereocenters. The van der Waals surface area contributed by atoms with E-state index in [9.17, 15) is 14.9 Å². The summed E-state index contributed by atoms with van der Waals surface area (Å²) in [6, 6.07) is 13.8. The van der Waals surface area contributed by atoms with E-state index in [2.05, 4.69) is 0 Å². The Balaban J connectivity index is 1.58. The number of ether oxygens (including phenoxy) is 4. The summed E-state index contributed by atoms with van der Waals surface area (Å²) in [5, 5.41) is 11.7. The lowest BCUT2D eigenvalue weighted by Gasteiger charge is -2.37. The molecule has 0 aliphatic carbocycles. The van der Waals surface area contributed by atoms with Gasteiger partial charge in [-0.2, -0.15) is 0 Å². The number of methoxy groups -OCH3 is 2. The number of amides is 1. The van der Waals surface area contributed by atoms with Gasteiger partial charge in [-0.1, -0.05) is 23.2 Å². The molecule has 0 bridgehead atoms. The van der Waals surface area contributed by atoms with Gasteiger partial charge in [0.25, 0.3) is 11.6 Å². The summed E-state index contributed by atoms with van der Waals surface area (Å²) < 4.78 is 22.6. The molecule has 0 spiro atoms. The molecule has 3 aromatic carbocycles. The number of fused-ring (bicyclic) bond motifs is 1. The van der Waals surface area contributed by atoms with Gasteiger partial charge < -0.3 is 23.8 Å². The van der Waals surface area contributed by atoms with Crippen molar-refractivity contribution in [3.05, 3.63) is 85.9 Å². The molecule has 0 radical (unpaired) electrons. The summed E-state index contributed by atoms with van der Waals surface area (Å²) in [5.74, 6) is 1.65. The van der Waals surface area contributed by atoms with E-state index >= 15 is 0 Å². The summed E-state index contributed by atoms with van der Waals surface area (Å²) in [7, 11) is 3.11. The van der Waals surface area contributed by atoms with Crippen LogP contribution in [0.15, 0.2) is 54.6 Å². The Morgan fingerprint density at radius 1 is 1.00 bits per heavy atom. The minimum absolute atomic E-state index is 0.0398. The van der Waals surface area contributed by atoms with E-state index in [1.807, 2.05) is 12.1 Å². The zero-order valence-electron chi connectivity index (χ0n) is 20.1. The first-order valence-electron chi connectivity index (χ1n) is 11.3. The van der Waals surface area contributed by atoms with Gasteiger partial charge in [-0.05, 0) is 60.0 Å². The van der Waals surface area contributed by atoms with Crippen LogP contribution in [0.4, 0.5) is 5.69 Å². The second-order valence-corrected chi connectivity index (χ2v) is 9.03. The standard InChI is InChI=1S/C26H24Cl2N2O7/c1-34-24-11-16-9-10-29(26(31)15-37-23-8-3-17(27)12-21(23)28)22(20(16)13-25(24)35-2)14-36-19-6-4-18(5-7-19)30(32)33/h3-8,11-13,22H,9-10,14-15H2,1-2H3/t22-/m0/s1. The Bertz CT molecular complexity index is 1300. The molecule has 0 saturated heterocycles. The van der Waals surface area contributed by atoms with Gasteiger partial charge in [0.05, 0.1) is 30.2 Å². The maximum Gasteiger partial charge on any atom is 0.269 e. The highest BCUT2D eigenvalue weighted by Gasteiger charge is 2.33. The fraction of sp³-hybridized carbons (Fsp3) is 0.269. The number of carbonyl (C=O) groups excluding carboxylic acids is 1. The molecule has 9 nitrogen and oxygen atoms in total. The van der Waals surface area contributed by atoms with Crippen LogP contribution < -0.4 is 18.9 Å². The molecule has 37 heavy (non-hydrogen) atoms. The second kappa shape index (κ2) is 11.6. The van der Waals surface area contributed by atoms with Gasteiger partial charge in [0.15, 0.2) is 18.1 Å². The average molecular weight is 547 g/mol. The average Bonchev–Trinajstić information content (AvgIpc) is 2.90. The Morgan fingerprint density at radius 2 is 1.70 bits per heavy atom. The highest BCUT2D eigenvalue weighted by atomic mass is 35.5. The Hall–Kier alpha value is -3.69. The maximum absolute atomic E-state index is 13.3. The van der Waals surface area contributed by atoms with Crippen molar-refractivity contribution in [1.29, 1.82) is 0 Å². The first-order valence-corrected chi connectivity index (χ1v) is 12.1. The third-order valence-electron chi connectivity index (χ3n) is 6.02. The fourth-order valence-corrected chi connectivity index (χ4v) is 4.62. The zero-order chi connectivity index (χ0) is 26.5. The SMILES string of the molecule is COc1cc2c(cc1OC)[C@H](COc1ccc([N+](=O)[O-])cc1)N(C(=O)COc1ccc(Cl)cc1Cl)CC2. The van der Waals surface area contributed by atoms with Crippen LogP contribution in [0.3, 0.4) is 0 Å². The van der Waals surface area contributed by atoms with Crippen molar-refractivity contribution in [1.82, 2.24) is 4.90 Å². The van der Waals surface area contributed by atoms with Crippen molar-refractivity contribution in [2.24, 2.45) is 0 Å². The predicted molar refractivity (Wildman–Crippen MR) is 138 cm³/mol. The molecule has 0 unspecified atom stereocenters. The van der Waals surface area contributed by atoms with Crippen LogP contribution in [0.25, 0.3) is 0 Å². The summed E-state index contributed by atoms with van der Waals surface area (Å²) in [5.41, 5.74) is 1.81. The summed E-state index contributed by atoms with van der Waals surface area (Å²) in [4.78, 5) is 25.5. The van der Waals surface area contributed by atoms with E-state index in [1.165, 1.54) is 24.3 Å². The minimum atomic E-state index is -0.478. The number of carbonyl (C=O) groups is 1. The Morgan fingerprint density at radius 3 is 2.35 bits per heavy atom. The van der Waals surface area contributed by atoms with Crippen LogP contribution in [0.5, 0.6) is 23.0 Å². The second-order valence-electron chi connectivity index (χ2n) is 8.18. The van der Waals surface area contributed by atoms with Gasteiger partial charge in [-0.15, -0.1) is 0 Å². The van der Waals surface area contributed by atoms with Crippen LogP contribution in [-0.4, -0.2) is 49.7 Å². The summed E-state index contributed by atoms with van der Waals surface area (Å²) in [6.45, 7) is 0.291. The van der Waals surface area contributed by atoms with Crippen LogP contribution in [0.2, 0.25) is 10.0 Å². The summed E-state index contributed by atoms with van der Waals surface area (Å²) >= 11 is 12.1. The van der Waals surface area contributed by atoms with E-state index in [1.54, 1.807) is 37.3 Å². The largest absolute Gasteiger partial charge is 0.493 e. The number of hydrogen-bond acceptors (Lipinski definition) is 7. The number of nitro benzene ring substituents is 1. The van der Waals surface area contributed by atoms with Gasteiger partial charge >= 0.3 is 0 Å². The van der Waals surface area contributed by atoms with Crippen LogP contribution >= 0.6 is 23.2 Å². The molecule has 1 aliphatic heterocycles. The predicted octanol–water partition coefficient (Wildman–Crippen LogP) is 5.50. The fourth-order valence-electron chi connectivity index (χ4n) is 4.16. The monoisotopic (exact) mass is 546 g/mol. The zero-order valence-corrected chi connectivity index (χ0v) is 21.6. The molecule has 0 saturated carbocycles. The Labute approximate surface area is 223 Å². The molecule has 4 rings (SSSR count). The third-order valence-corrected chi connectivity index (χ3v) is 6.55. The third kappa shape index (κ3) is 6.00. The van der Waals surface area contributed by atoms with Crippen molar-refractivity contribution in [2.45, 2.75) is 12.5 Å². The minimum Gasteiger partial charge on any atom is -0.493 e. The van der Waals surface area contributed by atoms with Crippen molar-refractivity contribution < 1.29 is 28.7 Å². The van der Waals surface area contributed by atoms with E-state index in [4.69, 9.17) is 42.1 Å². The number of rotatable bonds is 9. The quantitative estimate of drug-likeness (QED) is 0.258. The molecule has 1 aliphatic rings. The number of benzene rings is 3. The molecule has 0 aromatic heterocycles. The lowest BCUT2D eigenvalue weighted by Crippen LogP contribution is -2.44. The van der Waals surface area contributed by atoms with Gasteiger partial charge in [0, 0.05) is 23.7 Å². The number of nitro groups is 1. The van der Waals surface area contributed by atoms with Gasteiger partial charge in [0.2, 0.25) is 0 Å². The van der Waals surface area contributed by atoms with E-state index < -0.39 is 11.0 Å². The number of non-ortho nitro benzene ring substituents is 1. The van der Waals surface area contributed by atoms with Crippen molar-refractivity contribution >= 4 is 34.8 Å². The summed E-state index contributed by atoms with van der Waals surface area (Å²) in [6.07, 6.45) is 0.594. The molecular weight excluding hydrogens is 523 g/mol. The molecule has 1 heterocycles. The Kier molecular flexibility index (Phi) is 8.25. The van der Waals surface area contributed by atoms with Gasteiger partial charge in [-0.25, -0.2) is 0 Å². The normalized spacial score (nSPS) is 14.5. The lowest BCUT2D eigenvalue weighted by molar-refractivity contribution is -0.384. The highest BCUT2D eigenvalue weighted by molar-refractivity contribution is 6.35. The van der Waals surface area contributed by atoms with Crippen LogP contribution in [-0.2, 0) is 11.2 Å². The molecule has 194 valence electrons. The number of halogens is 2. The molecule has 11 heteroatoms. The molecule has 3 aromatic rings.